The number of hydrogen-bond acceptors (Lipinski definition) is 8. The SMILES string of the molecule is CCOc1ccc2c(c1)CC(NCCCCO)C(=O)N2c1ccc2c(c1)[C@]1(O[C@@H](CCO)[C@H]([Si](C)(C)O)[C@H]1C)C(=O)N2Cc1ccccc1. The summed E-state index contributed by atoms with van der Waals surface area (Å²) >= 11 is 0. The van der Waals surface area contributed by atoms with E-state index in [1.807, 2.05) is 93.7 Å². The van der Waals surface area contributed by atoms with Gasteiger partial charge in [0.1, 0.15) is 5.75 Å². The van der Waals surface area contributed by atoms with Crippen molar-refractivity contribution in [2.45, 2.75) is 82.5 Å². The summed E-state index contributed by atoms with van der Waals surface area (Å²) in [7, 11) is -2.88. The van der Waals surface area contributed by atoms with E-state index >= 15 is 0 Å². The minimum atomic E-state index is -2.88. The predicted octanol–water partition coefficient (Wildman–Crippen LogP) is 4.76. The molecule has 2 amide bonds. The van der Waals surface area contributed by atoms with E-state index in [0.29, 0.717) is 55.9 Å². The van der Waals surface area contributed by atoms with E-state index in [-0.39, 0.29) is 30.6 Å². The Bertz CT molecular complexity index is 1660. The van der Waals surface area contributed by atoms with Crippen molar-refractivity contribution in [2.24, 2.45) is 5.92 Å². The molecule has 262 valence electrons. The molecule has 3 aliphatic heterocycles. The van der Waals surface area contributed by atoms with Crippen LogP contribution in [0.2, 0.25) is 18.6 Å². The molecule has 0 saturated carbocycles. The van der Waals surface area contributed by atoms with Crippen LogP contribution in [-0.4, -0.2) is 73.7 Å². The molecular weight excluding hydrogens is 639 g/mol. The molecule has 5 atom stereocenters. The van der Waals surface area contributed by atoms with Gasteiger partial charge in [-0.15, -0.1) is 0 Å². The first kappa shape index (κ1) is 35.3. The molecule has 6 rings (SSSR count). The van der Waals surface area contributed by atoms with Crippen LogP contribution in [-0.2, 0) is 32.9 Å². The molecule has 1 spiro atoms. The van der Waals surface area contributed by atoms with E-state index in [4.69, 9.17) is 9.47 Å². The summed E-state index contributed by atoms with van der Waals surface area (Å²) in [6.07, 6.45) is 1.67. The van der Waals surface area contributed by atoms with Crippen LogP contribution in [0, 0.1) is 5.92 Å². The number of aliphatic hydroxyl groups is 2. The smallest absolute Gasteiger partial charge is 0.264 e. The molecule has 10 nitrogen and oxygen atoms in total. The predicted molar refractivity (Wildman–Crippen MR) is 192 cm³/mol. The average Bonchev–Trinajstić information content (AvgIpc) is 3.50. The number of amides is 2. The van der Waals surface area contributed by atoms with Gasteiger partial charge in [-0.1, -0.05) is 37.3 Å². The fourth-order valence-corrected chi connectivity index (χ4v) is 10.8. The van der Waals surface area contributed by atoms with Gasteiger partial charge in [-0.3, -0.25) is 14.5 Å². The van der Waals surface area contributed by atoms with E-state index in [0.717, 1.165) is 29.0 Å². The van der Waals surface area contributed by atoms with Crippen LogP contribution < -0.4 is 19.9 Å². The van der Waals surface area contributed by atoms with Crippen LogP contribution in [0.15, 0.2) is 66.7 Å². The van der Waals surface area contributed by atoms with Crippen LogP contribution in [0.1, 0.15) is 49.8 Å². The van der Waals surface area contributed by atoms with Gasteiger partial charge in [0.2, 0.25) is 5.91 Å². The van der Waals surface area contributed by atoms with E-state index < -0.39 is 32.0 Å². The molecule has 0 aromatic heterocycles. The number of carbonyl (C=O) groups excluding carboxylic acids is 2. The van der Waals surface area contributed by atoms with Gasteiger partial charge in [-0.25, -0.2) is 0 Å². The van der Waals surface area contributed by atoms with Crippen LogP contribution in [0.5, 0.6) is 5.75 Å². The number of fused-ring (bicyclic) bond motifs is 3. The lowest BCUT2D eigenvalue weighted by molar-refractivity contribution is -0.146. The van der Waals surface area contributed by atoms with E-state index in [9.17, 15) is 24.6 Å². The molecular formula is C38H49N3O7Si. The zero-order valence-electron chi connectivity index (χ0n) is 28.9. The Morgan fingerprint density at radius 3 is 2.45 bits per heavy atom. The molecule has 0 radical (unpaired) electrons. The summed E-state index contributed by atoms with van der Waals surface area (Å²) in [6, 6.07) is 20.8. The first-order valence-electron chi connectivity index (χ1n) is 17.5. The third-order valence-electron chi connectivity index (χ3n) is 10.3. The molecule has 11 heteroatoms. The number of carbonyl (C=O) groups is 2. The topological polar surface area (TPSA) is 132 Å². The van der Waals surface area contributed by atoms with Gasteiger partial charge < -0.3 is 34.7 Å². The maximum absolute atomic E-state index is 14.8. The Kier molecular flexibility index (Phi) is 10.3. The van der Waals surface area contributed by atoms with Gasteiger partial charge in [0.25, 0.3) is 5.91 Å². The van der Waals surface area contributed by atoms with Gasteiger partial charge >= 0.3 is 0 Å². The van der Waals surface area contributed by atoms with E-state index in [1.54, 1.807) is 9.80 Å². The Hall–Kier alpha value is -3.58. The normalized spacial score (nSPS) is 24.9. The quantitative estimate of drug-likeness (QED) is 0.150. The van der Waals surface area contributed by atoms with Crippen LogP contribution >= 0.6 is 0 Å². The highest BCUT2D eigenvalue weighted by atomic mass is 28.4. The average molecular weight is 688 g/mol. The number of ether oxygens (including phenoxy) is 2. The fraction of sp³-hybridized carbons (Fsp3) is 0.474. The van der Waals surface area contributed by atoms with Crippen molar-refractivity contribution in [3.63, 3.8) is 0 Å². The summed E-state index contributed by atoms with van der Waals surface area (Å²) < 4.78 is 12.7. The first-order valence-corrected chi connectivity index (χ1v) is 20.5. The molecule has 49 heavy (non-hydrogen) atoms. The largest absolute Gasteiger partial charge is 0.494 e. The highest BCUT2D eigenvalue weighted by Crippen LogP contribution is 2.60. The van der Waals surface area contributed by atoms with Gasteiger partial charge in [0.05, 0.1) is 36.7 Å². The molecule has 4 N–H and O–H groups in total. The molecule has 1 fully saturated rings. The second-order valence-corrected chi connectivity index (χ2v) is 18.0. The molecule has 3 aromatic carbocycles. The number of nitrogens with one attached hydrogen (secondary N) is 1. The standard InChI is InChI=1S/C38H49N3O7Si/c1-5-47-29-14-16-32-27(21-29)22-31(39-18-9-10-19-42)36(44)41(32)28-13-15-33-30(23-28)38(37(45)40(33)24-26-11-7-6-8-12-26)25(2)35(49(3,4)46)34(48-38)17-20-43/h6-8,11-16,21,23,25,31,34-35,39,42-43,46H,5,9-10,17-20,22,24H2,1-4H3/t25-,31?,34+,35-,38+/m1/s1. The Balaban J connectivity index is 1.48. The lowest BCUT2D eigenvalue weighted by Gasteiger charge is -2.36. The van der Waals surface area contributed by atoms with Gasteiger partial charge in [-0.05, 0) is 99.8 Å². The summed E-state index contributed by atoms with van der Waals surface area (Å²) in [5.41, 5.74) is 2.96. The first-order chi connectivity index (χ1) is 23.5. The monoisotopic (exact) mass is 687 g/mol. The molecule has 0 aliphatic carbocycles. The van der Waals surface area contributed by atoms with Crippen molar-refractivity contribution in [1.29, 1.82) is 0 Å². The van der Waals surface area contributed by atoms with Crippen molar-refractivity contribution in [1.82, 2.24) is 5.32 Å². The van der Waals surface area contributed by atoms with Gasteiger partial charge in [0, 0.05) is 35.9 Å². The van der Waals surface area contributed by atoms with Crippen molar-refractivity contribution < 1.29 is 34.1 Å². The van der Waals surface area contributed by atoms with Crippen LogP contribution in [0.4, 0.5) is 17.1 Å². The molecule has 3 aliphatic rings. The van der Waals surface area contributed by atoms with Crippen molar-refractivity contribution in [2.75, 3.05) is 36.2 Å². The third kappa shape index (κ3) is 6.44. The maximum atomic E-state index is 14.8. The Labute approximate surface area is 289 Å². The highest BCUT2D eigenvalue weighted by Gasteiger charge is 2.66. The summed E-state index contributed by atoms with van der Waals surface area (Å²) in [6.45, 7) is 9.07. The Morgan fingerprint density at radius 2 is 1.76 bits per heavy atom. The number of nitrogens with zero attached hydrogens (tertiary/aromatic N) is 2. The minimum Gasteiger partial charge on any atom is -0.494 e. The highest BCUT2D eigenvalue weighted by molar-refractivity contribution is 6.71. The van der Waals surface area contributed by atoms with Gasteiger partial charge in [0.15, 0.2) is 13.9 Å². The Morgan fingerprint density at radius 1 is 1.00 bits per heavy atom. The maximum Gasteiger partial charge on any atom is 0.264 e. The van der Waals surface area contributed by atoms with E-state index in [2.05, 4.69) is 5.32 Å². The number of unbranched alkanes of at least 4 members (excludes halogenated alkanes) is 1. The molecule has 0 bridgehead atoms. The number of rotatable bonds is 13. The molecule has 1 saturated heterocycles. The number of aliphatic hydroxyl groups excluding tert-OH is 2. The third-order valence-corrected chi connectivity index (χ3v) is 12.8. The van der Waals surface area contributed by atoms with Crippen molar-refractivity contribution in [3.8, 4) is 5.75 Å². The summed E-state index contributed by atoms with van der Waals surface area (Å²) in [4.78, 5) is 44.2. The number of benzene rings is 3. The van der Waals surface area contributed by atoms with Crippen LogP contribution in [0.3, 0.4) is 0 Å². The van der Waals surface area contributed by atoms with Crippen molar-refractivity contribution in [3.05, 3.63) is 83.4 Å². The number of hydrogen-bond donors (Lipinski definition) is 4. The summed E-state index contributed by atoms with van der Waals surface area (Å²) in [5, 5.41) is 22.7. The second-order valence-electron chi connectivity index (χ2n) is 14.0. The molecule has 3 heterocycles. The lowest BCUT2D eigenvalue weighted by Crippen LogP contribution is -2.49. The molecule has 3 aromatic rings. The number of anilines is 3. The fourth-order valence-electron chi connectivity index (χ4n) is 8.25. The van der Waals surface area contributed by atoms with Crippen LogP contribution in [0.25, 0.3) is 0 Å². The summed E-state index contributed by atoms with van der Waals surface area (Å²) in [5.74, 6) is 0.0295. The zero-order valence-corrected chi connectivity index (χ0v) is 29.9. The lowest BCUT2D eigenvalue weighted by atomic mass is 9.82. The second kappa shape index (κ2) is 14.3. The van der Waals surface area contributed by atoms with Crippen molar-refractivity contribution >= 4 is 37.2 Å². The molecule has 1 unspecified atom stereocenters. The van der Waals surface area contributed by atoms with E-state index in [1.165, 1.54) is 0 Å². The minimum absolute atomic E-state index is 0.0975. The van der Waals surface area contributed by atoms with Gasteiger partial charge in [-0.2, -0.15) is 0 Å². The zero-order chi connectivity index (χ0) is 34.9.